The van der Waals surface area contributed by atoms with Crippen LogP contribution in [0.3, 0.4) is 0 Å². The van der Waals surface area contributed by atoms with Crippen LogP contribution in [0, 0.1) is 20.8 Å². The Balaban J connectivity index is 1.90. The first-order valence-corrected chi connectivity index (χ1v) is 7.90. The highest BCUT2D eigenvalue weighted by Gasteiger charge is 2.15. The first-order valence-electron chi connectivity index (χ1n) is 7.03. The molecule has 2 N–H and O–H groups in total. The normalized spacial score (nSPS) is 10.3. The van der Waals surface area contributed by atoms with Gasteiger partial charge in [0, 0.05) is 30.2 Å². The molecule has 2 amide bonds. The van der Waals surface area contributed by atoms with E-state index in [9.17, 15) is 9.59 Å². The number of aryl methyl sites for hydroxylation is 3. The summed E-state index contributed by atoms with van der Waals surface area (Å²) >= 11 is 1.53. The summed E-state index contributed by atoms with van der Waals surface area (Å²) in [6.07, 6.45) is 2.34. The number of hydrogen-bond donors (Lipinski definition) is 2. The number of rotatable bonds is 4. The molecule has 0 aliphatic carbocycles. The monoisotopic (exact) mass is 317 g/mol. The van der Waals surface area contributed by atoms with E-state index in [1.54, 1.807) is 6.20 Å². The first kappa shape index (κ1) is 16.2. The third-order valence-electron chi connectivity index (χ3n) is 3.23. The average molecular weight is 317 g/mol. The summed E-state index contributed by atoms with van der Waals surface area (Å²) in [5.41, 5.74) is 3.72. The molecule has 0 radical (unpaired) electrons. The summed E-state index contributed by atoms with van der Waals surface area (Å²) in [5.74, 6) is -1.27. The molecule has 0 aliphatic rings. The van der Waals surface area contributed by atoms with E-state index in [1.165, 1.54) is 11.3 Å². The highest BCUT2D eigenvalue weighted by atomic mass is 32.1. The van der Waals surface area contributed by atoms with Gasteiger partial charge < -0.3 is 10.6 Å². The molecule has 6 heteroatoms. The Labute approximate surface area is 133 Å². The minimum Gasteiger partial charge on any atom is -0.347 e. The number of aromatic nitrogens is 1. The fourth-order valence-electron chi connectivity index (χ4n) is 2.29. The van der Waals surface area contributed by atoms with E-state index in [4.69, 9.17) is 0 Å². The minimum absolute atomic E-state index is 0.394. The van der Waals surface area contributed by atoms with Crippen molar-refractivity contribution in [3.8, 4) is 0 Å². The van der Waals surface area contributed by atoms with Crippen molar-refractivity contribution in [2.24, 2.45) is 0 Å². The van der Waals surface area contributed by atoms with E-state index in [0.29, 0.717) is 18.7 Å². The molecule has 0 atom stereocenters. The molecule has 0 spiro atoms. The van der Waals surface area contributed by atoms with Crippen LogP contribution in [0.2, 0.25) is 0 Å². The quantitative estimate of drug-likeness (QED) is 0.851. The van der Waals surface area contributed by atoms with E-state index < -0.39 is 11.8 Å². The lowest BCUT2D eigenvalue weighted by Gasteiger charge is -2.12. The van der Waals surface area contributed by atoms with Gasteiger partial charge in [-0.05, 0) is 31.9 Å². The third-order valence-corrected chi connectivity index (χ3v) is 4.07. The molecule has 1 aromatic carbocycles. The van der Waals surface area contributed by atoms with Crippen molar-refractivity contribution in [3.63, 3.8) is 0 Å². The van der Waals surface area contributed by atoms with Gasteiger partial charge in [-0.2, -0.15) is 0 Å². The summed E-state index contributed by atoms with van der Waals surface area (Å²) in [4.78, 5) is 27.9. The second-order valence-electron chi connectivity index (χ2n) is 5.16. The topological polar surface area (TPSA) is 71.1 Å². The molecule has 0 fully saturated rings. The van der Waals surface area contributed by atoms with Crippen LogP contribution in [0.1, 0.15) is 21.7 Å². The lowest BCUT2D eigenvalue weighted by Crippen LogP contribution is -2.36. The minimum atomic E-state index is -0.644. The lowest BCUT2D eigenvalue weighted by molar-refractivity contribution is -0.136. The third kappa shape index (κ3) is 4.14. The van der Waals surface area contributed by atoms with Gasteiger partial charge in [0.15, 0.2) is 0 Å². The second kappa shape index (κ2) is 7.17. The Hall–Kier alpha value is -2.21. The Morgan fingerprint density at radius 3 is 2.41 bits per heavy atom. The molecule has 5 nitrogen and oxygen atoms in total. The van der Waals surface area contributed by atoms with Crippen LogP contribution in [-0.2, 0) is 16.0 Å². The SMILES string of the molecule is Cc1cc(C)c(NC(=O)C(=O)NCCc2nccs2)c(C)c1. The summed E-state index contributed by atoms with van der Waals surface area (Å²) in [5, 5.41) is 8.11. The van der Waals surface area contributed by atoms with Crippen LogP contribution in [0.25, 0.3) is 0 Å². The van der Waals surface area contributed by atoms with Crippen LogP contribution >= 0.6 is 11.3 Å². The zero-order valence-electron chi connectivity index (χ0n) is 12.9. The van der Waals surface area contributed by atoms with Crippen LogP contribution in [0.4, 0.5) is 5.69 Å². The van der Waals surface area contributed by atoms with Gasteiger partial charge in [-0.3, -0.25) is 9.59 Å². The molecule has 1 heterocycles. The maximum absolute atomic E-state index is 12.0. The van der Waals surface area contributed by atoms with Crippen molar-refractivity contribution in [2.45, 2.75) is 27.2 Å². The highest BCUT2D eigenvalue weighted by molar-refractivity contribution is 7.09. The summed E-state index contributed by atoms with van der Waals surface area (Å²) in [7, 11) is 0. The molecule has 22 heavy (non-hydrogen) atoms. The van der Waals surface area contributed by atoms with Crippen molar-refractivity contribution in [1.82, 2.24) is 10.3 Å². The molecule has 116 valence electrons. The van der Waals surface area contributed by atoms with Gasteiger partial charge in [0.1, 0.15) is 0 Å². The van der Waals surface area contributed by atoms with Crippen LogP contribution < -0.4 is 10.6 Å². The number of nitrogens with one attached hydrogen (secondary N) is 2. The van der Waals surface area contributed by atoms with Crippen LogP contribution in [0.15, 0.2) is 23.7 Å². The Morgan fingerprint density at radius 2 is 1.82 bits per heavy atom. The molecule has 0 saturated heterocycles. The zero-order valence-corrected chi connectivity index (χ0v) is 13.7. The fourth-order valence-corrected chi connectivity index (χ4v) is 2.91. The largest absolute Gasteiger partial charge is 0.347 e. The average Bonchev–Trinajstić information content (AvgIpc) is 2.95. The van der Waals surface area contributed by atoms with Gasteiger partial charge in [0.25, 0.3) is 0 Å². The molecule has 2 aromatic rings. The van der Waals surface area contributed by atoms with Crippen molar-refractivity contribution in [3.05, 3.63) is 45.4 Å². The summed E-state index contributed by atoms with van der Waals surface area (Å²) < 4.78 is 0. The number of benzene rings is 1. The number of thiazole rings is 1. The maximum Gasteiger partial charge on any atom is 0.313 e. The number of carbonyl (C=O) groups is 2. The van der Waals surface area contributed by atoms with E-state index >= 15 is 0 Å². The van der Waals surface area contributed by atoms with Crippen molar-refractivity contribution < 1.29 is 9.59 Å². The molecule has 2 rings (SSSR count). The molecule has 0 bridgehead atoms. The molecular formula is C16H19N3O2S. The maximum atomic E-state index is 12.0. The van der Waals surface area contributed by atoms with E-state index in [-0.39, 0.29) is 0 Å². The number of carbonyl (C=O) groups excluding carboxylic acids is 2. The highest BCUT2D eigenvalue weighted by Crippen LogP contribution is 2.21. The molecule has 0 aliphatic heterocycles. The van der Waals surface area contributed by atoms with Crippen molar-refractivity contribution in [1.29, 1.82) is 0 Å². The number of anilines is 1. The predicted octanol–water partition coefficient (Wildman–Crippen LogP) is 2.37. The number of hydrogen-bond acceptors (Lipinski definition) is 4. The molecule has 0 saturated carbocycles. The smallest absolute Gasteiger partial charge is 0.313 e. The number of nitrogens with zero attached hydrogens (tertiary/aromatic N) is 1. The molecular weight excluding hydrogens is 298 g/mol. The molecule has 1 aromatic heterocycles. The first-order chi connectivity index (χ1) is 10.5. The van der Waals surface area contributed by atoms with Crippen molar-refractivity contribution in [2.75, 3.05) is 11.9 Å². The second-order valence-corrected chi connectivity index (χ2v) is 6.14. The van der Waals surface area contributed by atoms with E-state index in [0.717, 1.165) is 21.7 Å². The Kier molecular flexibility index (Phi) is 5.27. The van der Waals surface area contributed by atoms with E-state index in [1.807, 2.05) is 38.3 Å². The van der Waals surface area contributed by atoms with Gasteiger partial charge in [-0.1, -0.05) is 17.7 Å². The van der Waals surface area contributed by atoms with Gasteiger partial charge in [-0.25, -0.2) is 4.98 Å². The fraction of sp³-hybridized carbons (Fsp3) is 0.312. The van der Waals surface area contributed by atoms with Crippen LogP contribution in [0.5, 0.6) is 0 Å². The lowest BCUT2D eigenvalue weighted by atomic mass is 10.1. The Bertz CT molecular complexity index is 658. The van der Waals surface area contributed by atoms with Crippen molar-refractivity contribution >= 4 is 28.8 Å². The van der Waals surface area contributed by atoms with E-state index in [2.05, 4.69) is 15.6 Å². The van der Waals surface area contributed by atoms with Gasteiger partial charge in [0.05, 0.1) is 5.01 Å². The standard InChI is InChI=1S/C16H19N3O2S/c1-10-8-11(2)14(12(3)9-10)19-16(21)15(20)18-5-4-13-17-6-7-22-13/h6-9H,4-5H2,1-3H3,(H,18,20)(H,19,21). The Morgan fingerprint density at radius 1 is 1.14 bits per heavy atom. The van der Waals surface area contributed by atoms with Gasteiger partial charge >= 0.3 is 11.8 Å². The number of amides is 2. The molecule has 0 unspecified atom stereocenters. The van der Waals surface area contributed by atoms with Crippen LogP contribution in [-0.4, -0.2) is 23.3 Å². The van der Waals surface area contributed by atoms with Gasteiger partial charge in [-0.15, -0.1) is 11.3 Å². The van der Waals surface area contributed by atoms with Gasteiger partial charge in [0.2, 0.25) is 0 Å². The summed E-state index contributed by atoms with van der Waals surface area (Å²) in [6, 6.07) is 3.95. The zero-order chi connectivity index (χ0) is 16.1. The summed E-state index contributed by atoms with van der Waals surface area (Å²) in [6.45, 7) is 6.22. The predicted molar refractivity (Wildman–Crippen MR) is 88.1 cm³/mol.